The van der Waals surface area contributed by atoms with E-state index in [2.05, 4.69) is 0 Å². The molecule has 17 heavy (non-hydrogen) atoms. The first-order chi connectivity index (χ1) is 8.25. The Balaban J connectivity index is 2.16. The highest BCUT2D eigenvalue weighted by Crippen LogP contribution is 2.28. The van der Waals surface area contributed by atoms with Crippen molar-refractivity contribution in [1.82, 2.24) is 4.57 Å². The van der Waals surface area contributed by atoms with E-state index >= 15 is 0 Å². The molecule has 3 heteroatoms. The lowest BCUT2D eigenvalue weighted by molar-refractivity contribution is 0.925. The van der Waals surface area contributed by atoms with Gasteiger partial charge in [0, 0.05) is 28.1 Å². The van der Waals surface area contributed by atoms with Gasteiger partial charge in [-0.2, -0.15) is 0 Å². The topological polar surface area (TPSA) is 22.0 Å². The molecule has 0 saturated carbocycles. The fraction of sp³-hybridized carbons (Fsp3) is 0.214. The zero-order valence-electron chi connectivity index (χ0n) is 9.64. The number of aromatic nitrogens is 1. The van der Waals surface area contributed by atoms with E-state index in [0.29, 0.717) is 0 Å². The van der Waals surface area contributed by atoms with Crippen LogP contribution in [0.15, 0.2) is 46.2 Å². The molecule has 2 nitrogen and oxygen atoms in total. The van der Waals surface area contributed by atoms with Crippen molar-refractivity contribution in [2.75, 3.05) is 5.75 Å². The van der Waals surface area contributed by atoms with E-state index in [-0.39, 0.29) is 5.56 Å². The molecule has 0 spiro atoms. The monoisotopic (exact) mass is 243 g/mol. The number of benzene rings is 1. The summed E-state index contributed by atoms with van der Waals surface area (Å²) in [5, 5.41) is 0. The van der Waals surface area contributed by atoms with Gasteiger partial charge in [-0.1, -0.05) is 17.7 Å². The van der Waals surface area contributed by atoms with Crippen molar-refractivity contribution in [3.8, 4) is 5.69 Å². The van der Waals surface area contributed by atoms with Gasteiger partial charge in [0.2, 0.25) is 0 Å². The van der Waals surface area contributed by atoms with E-state index < -0.39 is 0 Å². The summed E-state index contributed by atoms with van der Waals surface area (Å²) in [4.78, 5) is 13.4. The van der Waals surface area contributed by atoms with Crippen molar-refractivity contribution in [2.45, 2.75) is 18.2 Å². The Bertz CT molecular complexity index is 613. The van der Waals surface area contributed by atoms with Crippen LogP contribution in [0.1, 0.15) is 11.1 Å². The standard InChI is InChI=1S/C14H13NOS/c1-10-2-4-11(5-3-10)15-8-6-13-12(14(15)16)7-9-17-13/h2-6,8H,7,9H2,1H3. The second-order valence-corrected chi connectivity index (χ2v) is 5.40. The van der Waals surface area contributed by atoms with Gasteiger partial charge in [0.05, 0.1) is 0 Å². The Morgan fingerprint density at radius 3 is 2.71 bits per heavy atom. The number of aryl methyl sites for hydroxylation is 1. The zero-order chi connectivity index (χ0) is 11.8. The Kier molecular flexibility index (Phi) is 2.56. The summed E-state index contributed by atoms with van der Waals surface area (Å²) in [5.74, 6) is 1.03. The number of hydrogen-bond acceptors (Lipinski definition) is 2. The second kappa shape index (κ2) is 4.08. The molecular formula is C14H13NOS. The van der Waals surface area contributed by atoms with Crippen molar-refractivity contribution in [2.24, 2.45) is 0 Å². The smallest absolute Gasteiger partial charge is 0.259 e. The van der Waals surface area contributed by atoms with Crippen LogP contribution in [0.25, 0.3) is 5.69 Å². The summed E-state index contributed by atoms with van der Waals surface area (Å²) in [7, 11) is 0. The molecule has 0 aliphatic carbocycles. The van der Waals surface area contributed by atoms with Crippen LogP contribution in [-0.4, -0.2) is 10.3 Å². The lowest BCUT2D eigenvalue weighted by Crippen LogP contribution is -2.21. The molecule has 0 unspecified atom stereocenters. The van der Waals surface area contributed by atoms with Crippen LogP contribution in [0.3, 0.4) is 0 Å². The third-order valence-electron chi connectivity index (χ3n) is 3.07. The Morgan fingerprint density at radius 2 is 1.94 bits per heavy atom. The molecule has 3 rings (SSSR count). The van der Waals surface area contributed by atoms with Crippen LogP contribution < -0.4 is 5.56 Å². The number of hydrogen-bond donors (Lipinski definition) is 0. The predicted molar refractivity (Wildman–Crippen MR) is 71.2 cm³/mol. The van der Waals surface area contributed by atoms with Crippen molar-refractivity contribution >= 4 is 11.8 Å². The van der Waals surface area contributed by atoms with E-state index in [9.17, 15) is 4.79 Å². The van der Waals surface area contributed by atoms with Crippen LogP contribution in [0.4, 0.5) is 0 Å². The molecule has 0 radical (unpaired) electrons. The third-order valence-corrected chi connectivity index (χ3v) is 4.17. The Morgan fingerprint density at radius 1 is 1.18 bits per heavy atom. The molecule has 0 bridgehead atoms. The van der Waals surface area contributed by atoms with E-state index in [4.69, 9.17) is 0 Å². The summed E-state index contributed by atoms with van der Waals surface area (Å²) < 4.78 is 1.74. The largest absolute Gasteiger partial charge is 0.284 e. The van der Waals surface area contributed by atoms with Gasteiger partial charge < -0.3 is 0 Å². The highest BCUT2D eigenvalue weighted by molar-refractivity contribution is 7.99. The summed E-state index contributed by atoms with van der Waals surface area (Å²) in [5.41, 5.74) is 3.26. The normalized spacial score (nSPS) is 13.7. The van der Waals surface area contributed by atoms with E-state index in [1.807, 2.05) is 43.5 Å². The SMILES string of the molecule is Cc1ccc(-n2ccc3c(c2=O)CCS3)cc1. The molecule has 2 heterocycles. The van der Waals surface area contributed by atoms with Gasteiger partial charge in [-0.15, -0.1) is 11.8 Å². The zero-order valence-corrected chi connectivity index (χ0v) is 10.5. The van der Waals surface area contributed by atoms with E-state index in [1.54, 1.807) is 16.3 Å². The predicted octanol–water partition coefficient (Wildman–Crippen LogP) is 2.79. The highest BCUT2D eigenvalue weighted by atomic mass is 32.2. The Hall–Kier alpha value is -1.48. The lowest BCUT2D eigenvalue weighted by Gasteiger charge is -2.07. The van der Waals surface area contributed by atoms with Crippen molar-refractivity contribution in [3.05, 3.63) is 58.0 Å². The molecule has 0 fully saturated rings. The number of pyridine rings is 1. The molecule has 1 aromatic carbocycles. The molecule has 1 aliphatic rings. The minimum absolute atomic E-state index is 0.136. The van der Waals surface area contributed by atoms with Crippen LogP contribution >= 0.6 is 11.8 Å². The van der Waals surface area contributed by atoms with Gasteiger partial charge in [0.1, 0.15) is 0 Å². The second-order valence-electron chi connectivity index (χ2n) is 4.27. The maximum atomic E-state index is 12.3. The first-order valence-corrected chi connectivity index (χ1v) is 6.68. The van der Waals surface area contributed by atoms with Crippen LogP contribution in [-0.2, 0) is 6.42 Å². The van der Waals surface area contributed by atoms with Gasteiger partial charge >= 0.3 is 0 Å². The van der Waals surface area contributed by atoms with Gasteiger partial charge in [0.15, 0.2) is 0 Å². The molecular weight excluding hydrogens is 230 g/mol. The summed E-state index contributed by atoms with van der Waals surface area (Å²) >= 11 is 1.78. The minimum atomic E-state index is 0.136. The van der Waals surface area contributed by atoms with E-state index in [1.165, 1.54) is 5.56 Å². The van der Waals surface area contributed by atoms with Crippen molar-refractivity contribution in [1.29, 1.82) is 0 Å². The van der Waals surface area contributed by atoms with Gasteiger partial charge in [-0.25, -0.2) is 0 Å². The first-order valence-electron chi connectivity index (χ1n) is 5.70. The maximum Gasteiger partial charge on any atom is 0.259 e. The van der Waals surface area contributed by atoms with Crippen LogP contribution in [0, 0.1) is 6.92 Å². The number of nitrogens with zero attached hydrogens (tertiary/aromatic N) is 1. The average molecular weight is 243 g/mol. The maximum absolute atomic E-state index is 12.3. The fourth-order valence-corrected chi connectivity index (χ4v) is 3.15. The van der Waals surface area contributed by atoms with E-state index in [0.717, 1.165) is 28.3 Å². The number of fused-ring (bicyclic) bond motifs is 1. The lowest BCUT2D eigenvalue weighted by atomic mass is 10.2. The van der Waals surface area contributed by atoms with Crippen LogP contribution in [0.5, 0.6) is 0 Å². The van der Waals surface area contributed by atoms with Crippen LogP contribution in [0.2, 0.25) is 0 Å². The highest BCUT2D eigenvalue weighted by Gasteiger charge is 2.16. The molecule has 0 N–H and O–H groups in total. The number of thioether (sulfide) groups is 1. The van der Waals surface area contributed by atoms with Crippen molar-refractivity contribution in [3.63, 3.8) is 0 Å². The quantitative estimate of drug-likeness (QED) is 0.768. The average Bonchev–Trinajstić information content (AvgIpc) is 2.80. The van der Waals surface area contributed by atoms with Gasteiger partial charge in [0.25, 0.3) is 5.56 Å². The third kappa shape index (κ3) is 1.80. The molecule has 1 aliphatic heterocycles. The molecule has 0 atom stereocenters. The molecule has 1 aromatic heterocycles. The molecule has 0 saturated heterocycles. The number of rotatable bonds is 1. The van der Waals surface area contributed by atoms with Gasteiger partial charge in [-0.3, -0.25) is 9.36 Å². The van der Waals surface area contributed by atoms with Gasteiger partial charge in [-0.05, 0) is 31.5 Å². The minimum Gasteiger partial charge on any atom is -0.284 e. The first kappa shape index (κ1) is 10.7. The molecule has 0 amide bonds. The molecule has 2 aromatic rings. The molecule has 86 valence electrons. The fourth-order valence-electron chi connectivity index (χ4n) is 2.10. The Labute approximate surface area is 104 Å². The summed E-state index contributed by atoms with van der Waals surface area (Å²) in [6, 6.07) is 10.1. The van der Waals surface area contributed by atoms with Crippen molar-refractivity contribution < 1.29 is 0 Å². The summed E-state index contributed by atoms with van der Waals surface area (Å²) in [6.45, 7) is 2.05. The summed E-state index contributed by atoms with van der Waals surface area (Å²) in [6.07, 6.45) is 2.77.